The lowest BCUT2D eigenvalue weighted by Crippen LogP contribution is -2.19. The van der Waals surface area contributed by atoms with Gasteiger partial charge in [0.25, 0.3) is 0 Å². The van der Waals surface area contributed by atoms with E-state index in [2.05, 4.69) is 17.9 Å². The van der Waals surface area contributed by atoms with Crippen molar-refractivity contribution in [3.8, 4) is 0 Å². The molecule has 1 heterocycles. The zero-order valence-corrected chi connectivity index (χ0v) is 9.59. The van der Waals surface area contributed by atoms with Gasteiger partial charge in [0.05, 0.1) is 6.61 Å². The quantitative estimate of drug-likeness (QED) is 0.607. The normalized spacial score (nSPS) is 17.9. The Morgan fingerprint density at radius 3 is 2.57 bits per heavy atom. The SMILES string of the molecule is CCC/C(=C/COCC)N1CCCC1. The van der Waals surface area contributed by atoms with E-state index in [0.717, 1.165) is 13.2 Å². The monoisotopic (exact) mass is 197 g/mol. The summed E-state index contributed by atoms with van der Waals surface area (Å²) in [7, 11) is 0. The highest BCUT2D eigenvalue weighted by Crippen LogP contribution is 2.18. The molecule has 1 saturated heterocycles. The van der Waals surface area contributed by atoms with Crippen LogP contribution in [-0.2, 0) is 4.74 Å². The van der Waals surface area contributed by atoms with E-state index in [1.54, 1.807) is 0 Å². The highest BCUT2D eigenvalue weighted by molar-refractivity contribution is 5.02. The van der Waals surface area contributed by atoms with Gasteiger partial charge in [-0.05, 0) is 32.3 Å². The molecule has 0 unspecified atom stereocenters. The molecule has 1 rings (SSSR count). The van der Waals surface area contributed by atoms with Crippen LogP contribution in [0.1, 0.15) is 39.5 Å². The van der Waals surface area contributed by atoms with Crippen molar-refractivity contribution in [1.29, 1.82) is 0 Å². The van der Waals surface area contributed by atoms with Gasteiger partial charge in [-0.15, -0.1) is 0 Å². The second kappa shape index (κ2) is 6.88. The molecule has 1 fully saturated rings. The van der Waals surface area contributed by atoms with Crippen LogP contribution in [0.4, 0.5) is 0 Å². The first-order valence-electron chi connectivity index (χ1n) is 5.90. The minimum Gasteiger partial charge on any atom is -0.378 e. The predicted octanol–water partition coefficient (Wildman–Crippen LogP) is 2.80. The summed E-state index contributed by atoms with van der Waals surface area (Å²) in [4.78, 5) is 2.52. The fourth-order valence-corrected chi connectivity index (χ4v) is 1.92. The zero-order chi connectivity index (χ0) is 10.2. The molecule has 0 N–H and O–H groups in total. The number of ether oxygens (including phenoxy) is 1. The third-order valence-corrected chi connectivity index (χ3v) is 2.66. The third-order valence-electron chi connectivity index (χ3n) is 2.66. The molecule has 0 aromatic carbocycles. The van der Waals surface area contributed by atoms with E-state index in [0.29, 0.717) is 0 Å². The lowest BCUT2D eigenvalue weighted by Gasteiger charge is -2.21. The Morgan fingerprint density at radius 1 is 1.29 bits per heavy atom. The maximum atomic E-state index is 5.37. The molecule has 0 spiro atoms. The van der Waals surface area contributed by atoms with Crippen molar-refractivity contribution in [2.24, 2.45) is 0 Å². The highest BCUT2D eigenvalue weighted by atomic mass is 16.5. The molecule has 2 nitrogen and oxygen atoms in total. The van der Waals surface area contributed by atoms with E-state index in [9.17, 15) is 0 Å². The molecule has 82 valence electrons. The minimum absolute atomic E-state index is 0.780. The van der Waals surface area contributed by atoms with E-state index in [4.69, 9.17) is 4.74 Å². The second-order valence-corrected chi connectivity index (χ2v) is 3.80. The largest absolute Gasteiger partial charge is 0.378 e. The molecule has 0 saturated carbocycles. The Bertz CT molecular complexity index is 171. The van der Waals surface area contributed by atoms with Crippen LogP contribution >= 0.6 is 0 Å². The third kappa shape index (κ3) is 3.70. The first-order valence-corrected chi connectivity index (χ1v) is 5.90. The smallest absolute Gasteiger partial charge is 0.0666 e. The molecule has 2 heteroatoms. The van der Waals surface area contributed by atoms with Gasteiger partial charge < -0.3 is 9.64 Å². The molecule has 1 aliphatic rings. The van der Waals surface area contributed by atoms with Crippen LogP contribution in [-0.4, -0.2) is 31.2 Å². The number of hydrogen-bond donors (Lipinski definition) is 0. The molecule has 0 atom stereocenters. The van der Waals surface area contributed by atoms with Crippen LogP contribution in [0, 0.1) is 0 Å². The van der Waals surface area contributed by atoms with Gasteiger partial charge in [0.2, 0.25) is 0 Å². The minimum atomic E-state index is 0.780. The Hall–Kier alpha value is -0.500. The van der Waals surface area contributed by atoms with Crippen molar-refractivity contribution in [3.05, 3.63) is 11.8 Å². The maximum Gasteiger partial charge on any atom is 0.0666 e. The summed E-state index contributed by atoms with van der Waals surface area (Å²) in [5, 5.41) is 0. The second-order valence-electron chi connectivity index (χ2n) is 3.80. The average molecular weight is 197 g/mol. The van der Waals surface area contributed by atoms with E-state index in [1.807, 2.05) is 6.92 Å². The van der Waals surface area contributed by atoms with Gasteiger partial charge in [0.1, 0.15) is 0 Å². The molecular formula is C12H23NO. The summed E-state index contributed by atoms with van der Waals surface area (Å²) in [6, 6.07) is 0. The van der Waals surface area contributed by atoms with Gasteiger partial charge in [-0.1, -0.05) is 13.3 Å². The molecule has 0 aliphatic carbocycles. The number of allylic oxidation sites excluding steroid dienone is 1. The van der Waals surface area contributed by atoms with Crippen molar-refractivity contribution in [2.75, 3.05) is 26.3 Å². The number of rotatable bonds is 6. The van der Waals surface area contributed by atoms with Crippen molar-refractivity contribution in [2.45, 2.75) is 39.5 Å². The summed E-state index contributed by atoms with van der Waals surface area (Å²) in [5.74, 6) is 0. The first-order chi connectivity index (χ1) is 6.88. The van der Waals surface area contributed by atoms with Crippen molar-refractivity contribution in [3.63, 3.8) is 0 Å². The Morgan fingerprint density at radius 2 is 2.00 bits per heavy atom. The Balaban J connectivity index is 2.39. The van der Waals surface area contributed by atoms with Gasteiger partial charge in [-0.3, -0.25) is 0 Å². The molecule has 14 heavy (non-hydrogen) atoms. The van der Waals surface area contributed by atoms with Gasteiger partial charge in [0.15, 0.2) is 0 Å². The molecule has 1 aliphatic heterocycles. The summed E-state index contributed by atoms with van der Waals surface area (Å²) in [6.07, 6.45) is 7.41. The molecule has 0 radical (unpaired) electrons. The molecular weight excluding hydrogens is 174 g/mol. The van der Waals surface area contributed by atoms with Crippen LogP contribution in [0.5, 0.6) is 0 Å². The fraction of sp³-hybridized carbons (Fsp3) is 0.833. The highest BCUT2D eigenvalue weighted by Gasteiger charge is 2.13. The van der Waals surface area contributed by atoms with Crippen LogP contribution < -0.4 is 0 Å². The molecule has 0 amide bonds. The summed E-state index contributed by atoms with van der Waals surface area (Å²) < 4.78 is 5.37. The fourth-order valence-electron chi connectivity index (χ4n) is 1.92. The Kier molecular flexibility index (Phi) is 5.69. The van der Waals surface area contributed by atoms with Gasteiger partial charge in [0, 0.05) is 25.4 Å². The van der Waals surface area contributed by atoms with Crippen LogP contribution in [0.2, 0.25) is 0 Å². The molecule has 0 aromatic rings. The summed E-state index contributed by atoms with van der Waals surface area (Å²) in [5.41, 5.74) is 1.50. The molecule has 0 aromatic heterocycles. The van der Waals surface area contributed by atoms with Gasteiger partial charge in [-0.25, -0.2) is 0 Å². The Labute approximate surface area is 87.9 Å². The first kappa shape index (κ1) is 11.6. The van der Waals surface area contributed by atoms with Crippen molar-refractivity contribution >= 4 is 0 Å². The van der Waals surface area contributed by atoms with E-state index in [-0.39, 0.29) is 0 Å². The predicted molar refractivity (Wildman–Crippen MR) is 60.3 cm³/mol. The van der Waals surface area contributed by atoms with Crippen LogP contribution in [0.3, 0.4) is 0 Å². The lowest BCUT2D eigenvalue weighted by molar-refractivity contribution is 0.175. The lowest BCUT2D eigenvalue weighted by atomic mass is 10.2. The summed E-state index contributed by atoms with van der Waals surface area (Å²) in [6.45, 7) is 8.38. The number of likely N-dealkylation sites (tertiary alicyclic amines) is 1. The summed E-state index contributed by atoms with van der Waals surface area (Å²) >= 11 is 0. The maximum absolute atomic E-state index is 5.37. The van der Waals surface area contributed by atoms with Gasteiger partial charge >= 0.3 is 0 Å². The standard InChI is InChI=1S/C12H23NO/c1-3-7-12(8-11-14-4-2)13-9-5-6-10-13/h8H,3-7,9-11H2,1-2H3/b12-8-. The van der Waals surface area contributed by atoms with Crippen molar-refractivity contribution in [1.82, 2.24) is 4.90 Å². The topological polar surface area (TPSA) is 12.5 Å². The van der Waals surface area contributed by atoms with Crippen LogP contribution in [0.25, 0.3) is 0 Å². The van der Waals surface area contributed by atoms with E-state index >= 15 is 0 Å². The number of nitrogens with zero attached hydrogens (tertiary/aromatic N) is 1. The number of hydrogen-bond acceptors (Lipinski definition) is 2. The van der Waals surface area contributed by atoms with E-state index < -0.39 is 0 Å². The van der Waals surface area contributed by atoms with E-state index in [1.165, 1.54) is 44.5 Å². The van der Waals surface area contributed by atoms with Crippen molar-refractivity contribution < 1.29 is 4.74 Å². The average Bonchev–Trinajstić information content (AvgIpc) is 2.70. The van der Waals surface area contributed by atoms with Gasteiger partial charge in [-0.2, -0.15) is 0 Å². The zero-order valence-electron chi connectivity index (χ0n) is 9.59. The molecule has 0 bridgehead atoms. The van der Waals surface area contributed by atoms with Crippen LogP contribution in [0.15, 0.2) is 11.8 Å².